The fourth-order valence-corrected chi connectivity index (χ4v) is 1.90. The van der Waals surface area contributed by atoms with E-state index in [-0.39, 0.29) is 0 Å². The number of amides is 2. The number of carboxylic acid groups (broad SMARTS) is 2. The first-order valence-electron chi connectivity index (χ1n) is 6.48. The normalized spacial score (nSPS) is 14.5. The van der Waals surface area contributed by atoms with Gasteiger partial charge in [-0.15, -0.1) is 0 Å². The predicted octanol–water partition coefficient (Wildman–Crippen LogP) is -1.38. The van der Waals surface area contributed by atoms with E-state index in [1.807, 2.05) is 6.26 Å². The Bertz CT molecular complexity index is 431. The summed E-state index contributed by atoms with van der Waals surface area (Å²) in [5.41, 5.74) is 5.63. The highest BCUT2D eigenvalue weighted by Crippen LogP contribution is 2.01. The molecular weight excluding hydrogens is 314 g/mol. The van der Waals surface area contributed by atoms with Crippen molar-refractivity contribution in [2.24, 2.45) is 5.73 Å². The van der Waals surface area contributed by atoms with E-state index >= 15 is 0 Å². The molecule has 0 saturated heterocycles. The van der Waals surface area contributed by atoms with E-state index in [1.165, 1.54) is 18.7 Å². The van der Waals surface area contributed by atoms with Crippen LogP contribution in [-0.2, 0) is 19.2 Å². The maximum Gasteiger partial charge on any atom is 0.325 e. The van der Waals surface area contributed by atoms with Crippen LogP contribution in [0.2, 0.25) is 0 Å². The molecule has 9 nitrogen and oxygen atoms in total. The van der Waals surface area contributed by atoms with Gasteiger partial charge < -0.3 is 26.6 Å². The number of nitrogens with two attached hydrogens (primary N) is 1. The van der Waals surface area contributed by atoms with E-state index in [0.717, 1.165) is 0 Å². The molecule has 10 heteroatoms. The number of nitrogens with one attached hydrogen (secondary N) is 2. The summed E-state index contributed by atoms with van der Waals surface area (Å²) in [6, 6.07) is -3.45. The number of hydrogen-bond acceptors (Lipinski definition) is 6. The van der Waals surface area contributed by atoms with Crippen LogP contribution in [0, 0.1) is 0 Å². The van der Waals surface area contributed by atoms with Gasteiger partial charge in [0.15, 0.2) is 0 Å². The van der Waals surface area contributed by atoms with Crippen LogP contribution in [-0.4, -0.2) is 64.1 Å². The van der Waals surface area contributed by atoms with Crippen LogP contribution >= 0.6 is 11.8 Å². The first-order valence-corrected chi connectivity index (χ1v) is 7.88. The van der Waals surface area contributed by atoms with Crippen molar-refractivity contribution in [3.8, 4) is 0 Å². The van der Waals surface area contributed by atoms with Gasteiger partial charge in [0.25, 0.3) is 0 Å². The highest BCUT2D eigenvalue weighted by Gasteiger charge is 2.27. The van der Waals surface area contributed by atoms with Crippen molar-refractivity contribution in [3.63, 3.8) is 0 Å². The first-order chi connectivity index (χ1) is 10.2. The molecule has 0 aliphatic rings. The van der Waals surface area contributed by atoms with E-state index in [0.29, 0.717) is 12.2 Å². The van der Waals surface area contributed by atoms with Gasteiger partial charge in [0.05, 0.1) is 12.5 Å². The van der Waals surface area contributed by atoms with Gasteiger partial charge in [-0.1, -0.05) is 0 Å². The Hall–Kier alpha value is -1.81. The van der Waals surface area contributed by atoms with Gasteiger partial charge in [0, 0.05) is 0 Å². The maximum absolute atomic E-state index is 11.9. The Labute approximate surface area is 132 Å². The predicted molar refractivity (Wildman–Crippen MR) is 80.4 cm³/mol. The lowest BCUT2D eigenvalue weighted by Crippen LogP contribution is -2.54. The lowest BCUT2D eigenvalue weighted by Gasteiger charge is -2.20. The second kappa shape index (κ2) is 10.0. The molecule has 0 aromatic heterocycles. The zero-order chi connectivity index (χ0) is 17.3. The van der Waals surface area contributed by atoms with Crippen molar-refractivity contribution < 1.29 is 29.4 Å². The molecule has 3 atom stereocenters. The van der Waals surface area contributed by atoms with E-state index in [4.69, 9.17) is 15.9 Å². The molecule has 126 valence electrons. The number of thioether (sulfide) groups is 1. The minimum Gasteiger partial charge on any atom is -0.481 e. The highest BCUT2D eigenvalue weighted by atomic mass is 32.2. The number of aliphatic carboxylic acids is 2. The lowest BCUT2D eigenvalue weighted by molar-refractivity contribution is -0.143. The fraction of sp³-hybridized carbons (Fsp3) is 0.667. The molecule has 6 N–H and O–H groups in total. The first kappa shape index (κ1) is 20.2. The van der Waals surface area contributed by atoms with Gasteiger partial charge in [0.1, 0.15) is 12.1 Å². The fourth-order valence-electron chi connectivity index (χ4n) is 1.41. The second-order valence-corrected chi connectivity index (χ2v) is 5.60. The Morgan fingerprint density at radius 1 is 1.14 bits per heavy atom. The molecule has 0 spiro atoms. The summed E-state index contributed by atoms with van der Waals surface area (Å²) in [6.07, 6.45) is 1.55. The SMILES string of the molecule is CSCCC(N)C(=O)NC(CC(=O)O)C(=O)NC(C)C(=O)O. The van der Waals surface area contributed by atoms with E-state index < -0.39 is 48.3 Å². The van der Waals surface area contributed by atoms with Crippen molar-refractivity contribution >= 4 is 35.5 Å². The third-order valence-corrected chi connectivity index (χ3v) is 3.35. The molecule has 0 saturated carbocycles. The zero-order valence-electron chi connectivity index (χ0n) is 12.4. The summed E-state index contributed by atoms with van der Waals surface area (Å²) in [5, 5.41) is 21.9. The molecule has 3 unspecified atom stereocenters. The van der Waals surface area contributed by atoms with Crippen LogP contribution in [0.3, 0.4) is 0 Å². The average molecular weight is 335 g/mol. The van der Waals surface area contributed by atoms with Gasteiger partial charge >= 0.3 is 11.9 Å². The molecule has 0 aliphatic carbocycles. The molecule has 0 rings (SSSR count). The molecule has 0 heterocycles. The Balaban J connectivity index is 4.76. The number of carbonyl (C=O) groups is 4. The Kier molecular flexibility index (Phi) is 9.18. The van der Waals surface area contributed by atoms with Crippen LogP contribution in [0.25, 0.3) is 0 Å². The maximum atomic E-state index is 11.9. The largest absolute Gasteiger partial charge is 0.481 e. The van der Waals surface area contributed by atoms with Gasteiger partial charge in [-0.25, -0.2) is 0 Å². The van der Waals surface area contributed by atoms with Gasteiger partial charge in [-0.3, -0.25) is 19.2 Å². The Morgan fingerprint density at radius 3 is 2.18 bits per heavy atom. The topological polar surface area (TPSA) is 159 Å². The van der Waals surface area contributed by atoms with Crippen LogP contribution < -0.4 is 16.4 Å². The van der Waals surface area contributed by atoms with Crippen LogP contribution in [0.4, 0.5) is 0 Å². The van der Waals surface area contributed by atoms with Crippen LogP contribution in [0.1, 0.15) is 19.8 Å². The second-order valence-electron chi connectivity index (χ2n) is 4.62. The molecule has 0 bridgehead atoms. The van der Waals surface area contributed by atoms with E-state index in [1.54, 1.807) is 0 Å². The quantitative estimate of drug-likeness (QED) is 0.326. The number of carbonyl (C=O) groups excluding carboxylic acids is 2. The van der Waals surface area contributed by atoms with E-state index in [9.17, 15) is 19.2 Å². The summed E-state index contributed by atoms with van der Waals surface area (Å²) in [5.74, 6) is -3.48. The third kappa shape index (κ3) is 7.84. The molecule has 0 aliphatic heterocycles. The van der Waals surface area contributed by atoms with E-state index in [2.05, 4.69) is 10.6 Å². The van der Waals surface area contributed by atoms with Crippen molar-refractivity contribution in [2.45, 2.75) is 37.9 Å². The summed E-state index contributed by atoms with van der Waals surface area (Å²) in [7, 11) is 0. The van der Waals surface area contributed by atoms with Crippen molar-refractivity contribution in [2.75, 3.05) is 12.0 Å². The van der Waals surface area contributed by atoms with Crippen molar-refractivity contribution in [3.05, 3.63) is 0 Å². The third-order valence-electron chi connectivity index (χ3n) is 2.71. The number of rotatable bonds is 10. The molecule has 2 amide bonds. The van der Waals surface area contributed by atoms with Gasteiger partial charge in [-0.2, -0.15) is 11.8 Å². The highest BCUT2D eigenvalue weighted by molar-refractivity contribution is 7.98. The summed E-state index contributed by atoms with van der Waals surface area (Å²) >= 11 is 1.50. The number of hydrogen-bond donors (Lipinski definition) is 5. The summed E-state index contributed by atoms with van der Waals surface area (Å²) in [4.78, 5) is 45.2. The summed E-state index contributed by atoms with van der Waals surface area (Å²) < 4.78 is 0. The van der Waals surface area contributed by atoms with Crippen molar-refractivity contribution in [1.82, 2.24) is 10.6 Å². The van der Waals surface area contributed by atoms with Crippen molar-refractivity contribution in [1.29, 1.82) is 0 Å². The van der Waals surface area contributed by atoms with Gasteiger partial charge in [0.2, 0.25) is 11.8 Å². The molecule has 0 radical (unpaired) electrons. The monoisotopic (exact) mass is 335 g/mol. The summed E-state index contributed by atoms with van der Waals surface area (Å²) in [6.45, 7) is 1.23. The zero-order valence-corrected chi connectivity index (χ0v) is 13.2. The molecule has 22 heavy (non-hydrogen) atoms. The smallest absolute Gasteiger partial charge is 0.325 e. The molecule has 0 fully saturated rings. The minimum absolute atomic E-state index is 0.375. The van der Waals surface area contributed by atoms with Crippen LogP contribution in [0.5, 0.6) is 0 Å². The standard InChI is InChI=1S/C12H21N3O6S/c1-6(12(20)21)14-11(19)8(5-9(16)17)15-10(18)7(13)3-4-22-2/h6-8H,3-5,13H2,1-2H3,(H,14,19)(H,15,18)(H,16,17)(H,20,21). The molecule has 0 aromatic rings. The van der Waals surface area contributed by atoms with Crippen LogP contribution in [0.15, 0.2) is 0 Å². The lowest BCUT2D eigenvalue weighted by atomic mass is 10.1. The molecule has 0 aromatic carbocycles. The molecular formula is C12H21N3O6S. The van der Waals surface area contributed by atoms with Gasteiger partial charge in [-0.05, 0) is 25.4 Å². The average Bonchev–Trinajstić information content (AvgIpc) is 2.42. The minimum atomic E-state index is -1.38. The Morgan fingerprint density at radius 2 is 1.73 bits per heavy atom. The number of carboxylic acids is 2.